The molecule has 41 valence electrons. The van der Waals surface area contributed by atoms with Crippen LogP contribution in [0.3, 0.4) is 0 Å². The minimum absolute atomic E-state index is 1.13. The Morgan fingerprint density at radius 1 is 1.57 bits per heavy atom. The van der Waals surface area contributed by atoms with Gasteiger partial charge in [-0.25, -0.2) is 0 Å². The molecule has 0 saturated carbocycles. The summed E-state index contributed by atoms with van der Waals surface area (Å²) in [5.41, 5.74) is 0. The summed E-state index contributed by atoms with van der Waals surface area (Å²) in [6.45, 7) is 2.02. The fraction of sp³-hybridized carbons (Fsp3) is 0.500. The highest BCUT2D eigenvalue weighted by atomic mass is 32.2. The monoisotopic (exact) mass is 115 g/mol. The molecule has 0 aromatic carbocycles. The molecule has 0 aromatic rings. The van der Waals surface area contributed by atoms with E-state index < -0.39 is 0 Å². The Bertz CT molecular complexity index is 48.1. The number of allylic oxidation sites excluding steroid dienone is 1. The lowest BCUT2D eigenvalue weighted by molar-refractivity contribution is 1.54. The molecule has 0 heterocycles. The highest BCUT2D eigenvalue weighted by Crippen LogP contribution is 1.90. The standard InChI is InChI=1S/C6H11S/c1-3-4-5-6-7-2/h3-5H,6H2,1-2H3. The average molecular weight is 115 g/mol. The summed E-state index contributed by atoms with van der Waals surface area (Å²) in [6.07, 6.45) is 8.34. The molecule has 7 heavy (non-hydrogen) atoms. The van der Waals surface area contributed by atoms with Gasteiger partial charge in [0.1, 0.15) is 0 Å². The van der Waals surface area contributed by atoms with Gasteiger partial charge in [0, 0.05) is 5.75 Å². The first-order valence-electron chi connectivity index (χ1n) is 2.35. The van der Waals surface area contributed by atoms with E-state index in [1.165, 1.54) is 0 Å². The lowest BCUT2D eigenvalue weighted by Gasteiger charge is -1.79. The average Bonchev–Trinajstić information content (AvgIpc) is 1.69. The van der Waals surface area contributed by atoms with E-state index in [9.17, 15) is 0 Å². The lowest BCUT2D eigenvalue weighted by atomic mass is 10.4. The van der Waals surface area contributed by atoms with Crippen LogP contribution >= 0.6 is 11.8 Å². The first-order chi connectivity index (χ1) is 3.41. The minimum Gasteiger partial charge on any atom is -0.161 e. The summed E-state index contributed by atoms with van der Waals surface area (Å²) in [6, 6.07) is 0. The van der Waals surface area contributed by atoms with Crippen molar-refractivity contribution in [3.63, 3.8) is 0 Å². The van der Waals surface area contributed by atoms with Crippen LogP contribution in [0.5, 0.6) is 0 Å². The Hall–Kier alpha value is 0.0900. The van der Waals surface area contributed by atoms with Crippen LogP contribution in [0.1, 0.15) is 6.92 Å². The third kappa shape index (κ3) is 6.09. The maximum Gasteiger partial charge on any atom is 0.0110 e. The minimum atomic E-state index is 1.13. The van der Waals surface area contributed by atoms with Crippen molar-refractivity contribution in [2.24, 2.45) is 0 Å². The highest BCUT2D eigenvalue weighted by Gasteiger charge is 1.68. The van der Waals surface area contributed by atoms with Crippen LogP contribution in [0, 0.1) is 6.42 Å². The van der Waals surface area contributed by atoms with Crippen LogP contribution in [0.25, 0.3) is 0 Å². The topological polar surface area (TPSA) is 0 Å². The van der Waals surface area contributed by atoms with Gasteiger partial charge in [0.05, 0.1) is 0 Å². The van der Waals surface area contributed by atoms with Crippen molar-refractivity contribution in [3.05, 3.63) is 18.6 Å². The number of rotatable bonds is 3. The summed E-state index contributed by atoms with van der Waals surface area (Å²) in [4.78, 5) is 0. The van der Waals surface area contributed by atoms with Crippen LogP contribution in [-0.4, -0.2) is 12.0 Å². The van der Waals surface area contributed by atoms with E-state index in [2.05, 4.69) is 18.4 Å². The van der Waals surface area contributed by atoms with Gasteiger partial charge in [-0.05, 0) is 12.7 Å². The molecule has 0 spiro atoms. The predicted molar refractivity (Wildman–Crippen MR) is 37.5 cm³/mol. The maximum absolute atomic E-state index is 2.14. The molecule has 0 fully saturated rings. The normalized spacial score (nSPS) is 10.6. The van der Waals surface area contributed by atoms with Crippen molar-refractivity contribution in [2.45, 2.75) is 6.92 Å². The van der Waals surface area contributed by atoms with E-state index in [1.54, 1.807) is 0 Å². The van der Waals surface area contributed by atoms with E-state index in [0.29, 0.717) is 0 Å². The predicted octanol–water partition coefficient (Wildman–Crippen LogP) is 2.13. The van der Waals surface area contributed by atoms with Gasteiger partial charge in [-0.3, -0.25) is 0 Å². The number of hydrogen-bond donors (Lipinski definition) is 0. The smallest absolute Gasteiger partial charge is 0.0110 e. The van der Waals surface area contributed by atoms with Crippen molar-refractivity contribution in [1.29, 1.82) is 0 Å². The molecule has 0 N–H and O–H groups in total. The van der Waals surface area contributed by atoms with E-state index >= 15 is 0 Å². The van der Waals surface area contributed by atoms with Crippen LogP contribution in [0.15, 0.2) is 12.2 Å². The van der Waals surface area contributed by atoms with Crippen molar-refractivity contribution in [2.75, 3.05) is 12.0 Å². The number of hydrogen-bond acceptors (Lipinski definition) is 1. The van der Waals surface area contributed by atoms with Gasteiger partial charge < -0.3 is 0 Å². The Morgan fingerprint density at radius 2 is 2.29 bits per heavy atom. The van der Waals surface area contributed by atoms with Crippen LogP contribution in [-0.2, 0) is 0 Å². The number of thioether (sulfide) groups is 1. The Morgan fingerprint density at radius 3 is 2.71 bits per heavy atom. The fourth-order valence-corrected chi connectivity index (χ4v) is 0.591. The Kier molecular flexibility index (Phi) is 6.17. The van der Waals surface area contributed by atoms with Gasteiger partial charge in [-0.15, -0.1) is 0 Å². The van der Waals surface area contributed by atoms with E-state index in [0.717, 1.165) is 5.75 Å². The molecule has 0 nitrogen and oxygen atoms in total. The molecule has 1 radical (unpaired) electrons. The van der Waals surface area contributed by atoms with Crippen molar-refractivity contribution < 1.29 is 0 Å². The van der Waals surface area contributed by atoms with E-state index in [1.807, 2.05) is 25.1 Å². The van der Waals surface area contributed by atoms with Crippen LogP contribution < -0.4 is 0 Å². The van der Waals surface area contributed by atoms with Crippen molar-refractivity contribution in [1.82, 2.24) is 0 Å². The van der Waals surface area contributed by atoms with Gasteiger partial charge >= 0.3 is 0 Å². The molecule has 0 aromatic heterocycles. The first kappa shape index (κ1) is 7.09. The highest BCUT2D eigenvalue weighted by molar-refractivity contribution is 7.98. The molecular weight excluding hydrogens is 104 g/mol. The zero-order chi connectivity index (χ0) is 5.54. The summed E-state index contributed by atoms with van der Waals surface area (Å²) in [5.74, 6) is 1.13. The second-order valence-corrected chi connectivity index (χ2v) is 2.13. The van der Waals surface area contributed by atoms with Crippen LogP contribution in [0.4, 0.5) is 0 Å². The molecule has 1 heteroatoms. The van der Waals surface area contributed by atoms with E-state index in [-0.39, 0.29) is 0 Å². The molecule has 0 unspecified atom stereocenters. The summed E-state index contributed by atoms with van der Waals surface area (Å²) >= 11 is 1.83. The third-order valence-electron chi connectivity index (χ3n) is 0.591. The molecule has 0 bridgehead atoms. The largest absolute Gasteiger partial charge is 0.161 e. The summed E-state index contributed by atoms with van der Waals surface area (Å²) in [7, 11) is 0. The molecule has 0 atom stereocenters. The summed E-state index contributed by atoms with van der Waals surface area (Å²) < 4.78 is 0. The molecule has 0 aliphatic rings. The molecule has 0 aliphatic carbocycles. The Labute approximate surface area is 50.0 Å². The molecule has 0 aliphatic heterocycles. The van der Waals surface area contributed by atoms with Crippen LogP contribution in [0.2, 0.25) is 0 Å². The van der Waals surface area contributed by atoms with E-state index in [4.69, 9.17) is 0 Å². The quantitative estimate of drug-likeness (QED) is 0.543. The lowest BCUT2D eigenvalue weighted by Crippen LogP contribution is -1.63. The molecule has 0 amide bonds. The van der Waals surface area contributed by atoms with Crippen molar-refractivity contribution in [3.8, 4) is 0 Å². The zero-order valence-electron chi connectivity index (χ0n) is 4.85. The molecule has 0 rings (SSSR count). The van der Waals surface area contributed by atoms with Crippen molar-refractivity contribution >= 4 is 11.8 Å². The molecular formula is C6H11S. The van der Waals surface area contributed by atoms with Gasteiger partial charge in [-0.2, -0.15) is 11.8 Å². The second kappa shape index (κ2) is 6.09. The summed E-state index contributed by atoms with van der Waals surface area (Å²) in [5, 5.41) is 0. The Balaban J connectivity index is 2.78. The third-order valence-corrected chi connectivity index (χ3v) is 1.12. The second-order valence-electron chi connectivity index (χ2n) is 1.22. The van der Waals surface area contributed by atoms with Gasteiger partial charge in [0.25, 0.3) is 0 Å². The van der Waals surface area contributed by atoms with Gasteiger partial charge in [0.2, 0.25) is 0 Å². The van der Waals surface area contributed by atoms with Gasteiger partial charge in [0.15, 0.2) is 0 Å². The molecule has 0 saturated heterocycles. The SMILES string of the molecule is C[CH]C=CCSC. The first-order valence-corrected chi connectivity index (χ1v) is 3.74. The zero-order valence-corrected chi connectivity index (χ0v) is 5.66. The fourth-order valence-electron chi connectivity index (χ4n) is 0.288. The maximum atomic E-state index is 2.14. The van der Waals surface area contributed by atoms with Gasteiger partial charge in [-0.1, -0.05) is 19.1 Å².